The van der Waals surface area contributed by atoms with Crippen LogP contribution in [0.4, 0.5) is 0 Å². The third-order valence-electron chi connectivity index (χ3n) is 5.34. The van der Waals surface area contributed by atoms with E-state index < -0.39 is 0 Å². The lowest BCUT2D eigenvalue weighted by Crippen LogP contribution is -1.84. The van der Waals surface area contributed by atoms with Gasteiger partial charge in [-0.1, -0.05) is 66.7 Å². The van der Waals surface area contributed by atoms with Crippen molar-refractivity contribution in [3.63, 3.8) is 0 Å². The molecule has 0 aliphatic heterocycles. The monoisotopic (exact) mass is 302 g/mol. The highest BCUT2D eigenvalue weighted by atomic mass is 14.2. The highest BCUT2D eigenvalue weighted by molar-refractivity contribution is 6.19. The molecule has 0 heterocycles. The Labute approximate surface area is 139 Å². The normalized spacial score (nSPS) is 12.8. The molecule has 0 amide bonds. The summed E-state index contributed by atoms with van der Waals surface area (Å²) in [6.45, 7) is 0. The van der Waals surface area contributed by atoms with E-state index in [-0.39, 0.29) is 0 Å². The van der Waals surface area contributed by atoms with E-state index in [1.54, 1.807) is 0 Å². The summed E-state index contributed by atoms with van der Waals surface area (Å²) in [5.74, 6) is 0. The van der Waals surface area contributed by atoms with Gasteiger partial charge in [0.1, 0.15) is 0 Å². The molecule has 0 aromatic heterocycles. The summed E-state index contributed by atoms with van der Waals surface area (Å²) in [6, 6.07) is 26.8. The van der Waals surface area contributed by atoms with Gasteiger partial charge in [0.25, 0.3) is 0 Å². The molecule has 0 spiro atoms. The lowest BCUT2D eigenvalue weighted by atomic mass is 9.93. The number of hydrogen-bond acceptors (Lipinski definition) is 0. The molecule has 0 heteroatoms. The molecule has 1 aliphatic rings. The first-order valence-corrected chi connectivity index (χ1v) is 8.37. The van der Waals surface area contributed by atoms with E-state index in [2.05, 4.69) is 84.9 Å². The van der Waals surface area contributed by atoms with Gasteiger partial charge in [0.15, 0.2) is 0 Å². The van der Waals surface area contributed by atoms with Crippen molar-refractivity contribution in [3.8, 4) is 0 Å². The number of hydrogen-bond donors (Lipinski definition) is 0. The molecule has 6 rings (SSSR count). The van der Waals surface area contributed by atoms with Crippen molar-refractivity contribution in [3.05, 3.63) is 83.9 Å². The van der Waals surface area contributed by atoms with Crippen LogP contribution in [0.15, 0.2) is 72.8 Å². The van der Waals surface area contributed by atoms with E-state index in [4.69, 9.17) is 0 Å². The molecule has 0 unspecified atom stereocenters. The first-order valence-electron chi connectivity index (χ1n) is 8.37. The van der Waals surface area contributed by atoms with Crippen LogP contribution in [0.5, 0.6) is 0 Å². The maximum Gasteiger partial charge on any atom is -0.00324 e. The van der Waals surface area contributed by atoms with Gasteiger partial charge in [-0.15, -0.1) is 0 Å². The van der Waals surface area contributed by atoms with Crippen molar-refractivity contribution >= 4 is 55.2 Å². The summed E-state index contributed by atoms with van der Waals surface area (Å²) in [6.07, 6.45) is 4.51. The molecular formula is C24H14. The summed E-state index contributed by atoms with van der Waals surface area (Å²) in [5.41, 5.74) is 2.70. The minimum atomic E-state index is 1.30. The Morgan fingerprint density at radius 1 is 0.458 bits per heavy atom. The van der Waals surface area contributed by atoms with Gasteiger partial charge in [-0.3, -0.25) is 0 Å². The Hall–Kier alpha value is -3.12. The van der Waals surface area contributed by atoms with Gasteiger partial charge in [-0.05, 0) is 72.4 Å². The fourth-order valence-electron chi connectivity index (χ4n) is 4.23. The fraction of sp³-hybridized carbons (Fsp3) is 0. The summed E-state index contributed by atoms with van der Waals surface area (Å²) in [5, 5.41) is 10.7. The van der Waals surface area contributed by atoms with Crippen LogP contribution in [0.2, 0.25) is 0 Å². The van der Waals surface area contributed by atoms with Crippen LogP contribution in [0.1, 0.15) is 11.1 Å². The van der Waals surface area contributed by atoms with E-state index in [1.807, 2.05) is 0 Å². The number of rotatable bonds is 0. The second-order valence-electron chi connectivity index (χ2n) is 6.65. The molecule has 0 atom stereocenters. The van der Waals surface area contributed by atoms with Gasteiger partial charge >= 0.3 is 0 Å². The van der Waals surface area contributed by atoms with Gasteiger partial charge in [-0.25, -0.2) is 0 Å². The van der Waals surface area contributed by atoms with Crippen molar-refractivity contribution in [2.75, 3.05) is 0 Å². The molecule has 0 saturated carbocycles. The standard InChI is InChI=1S/C24H14/c1-2-7-20-15(4-1)8-9-17-13-23-19(14-22(17)20)12-18-6-3-5-16-10-11-21(23)24(16)18/h1-14H. The van der Waals surface area contributed by atoms with Crippen LogP contribution in [0.25, 0.3) is 55.2 Å². The van der Waals surface area contributed by atoms with Crippen molar-refractivity contribution in [2.45, 2.75) is 0 Å². The number of benzene rings is 5. The molecule has 0 nitrogen and oxygen atoms in total. The Morgan fingerprint density at radius 2 is 1.29 bits per heavy atom. The Balaban J connectivity index is 1.87. The summed E-state index contributed by atoms with van der Waals surface area (Å²) in [4.78, 5) is 0. The van der Waals surface area contributed by atoms with Crippen LogP contribution in [-0.2, 0) is 0 Å². The zero-order chi connectivity index (χ0) is 15.7. The van der Waals surface area contributed by atoms with Crippen molar-refractivity contribution < 1.29 is 0 Å². The van der Waals surface area contributed by atoms with E-state index in [0.717, 1.165) is 0 Å². The molecule has 5 aromatic rings. The molecule has 0 saturated heterocycles. The lowest BCUT2D eigenvalue weighted by Gasteiger charge is -2.10. The number of fused-ring (bicyclic) bond motifs is 5. The summed E-state index contributed by atoms with van der Waals surface area (Å²) >= 11 is 0. The predicted molar refractivity (Wildman–Crippen MR) is 105 cm³/mol. The van der Waals surface area contributed by atoms with Crippen LogP contribution in [-0.4, -0.2) is 0 Å². The van der Waals surface area contributed by atoms with Crippen LogP contribution in [0.3, 0.4) is 0 Å². The third kappa shape index (κ3) is 1.48. The van der Waals surface area contributed by atoms with Gasteiger partial charge in [-0.2, -0.15) is 0 Å². The predicted octanol–water partition coefficient (Wildman–Crippen LogP) is 6.78. The van der Waals surface area contributed by atoms with E-state index in [1.165, 1.54) is 54.2 Å². The lowest BCUT2D eigenvalue weighted by molar-refractivity contribution is 1.76. The first kappa shape index (κ1) is 12.3. The highest BCUT2D eigenvalue weighted by Crippen LogP contribution is 2.39. The second kappa shape index (κ2) is 4.24. The molecule has 0 fully saturated rings. The third-order valence-corrected chi connectivity index (χ3v) is 5.34. The molecule has 0 N–H and O–H groups in total. The van der Waals surface area contributed by atoms with Crippen LogP contribution in [0, 0.1) is 0 Å². The largest absolute Gasteiger partial charge is 0.0616 e. The van der Waals surface area contributed by atoms with Crippen molar-refractivity contribution in [2.24, 2.45) is 0 Å². The molecule has 5 aromatic carbocycles. The van der Waals surface area contributed by atoms with Crippen molar-refractivity contribution in [1.29, 1.82) is 0 Å². The van der Waals surface area contributed by atoms with E-state index in [0.29, 0.717) is 0 Å². The van der Waals surface area contributed by atoms with Gasteiger partial charge in [0, 0.05) is 0 Å². The van der Waals surface area contributed by atoms with Crippen LogP contribution >= 0.6 is 0 Å². The van der Waals surface area contributed by atoms with Crippen LogP contribution < -0.4 is 0 Å². The highest BCUT2D eigenvalue weighted by Gasteiger charge is 2.13. The maximum absolute atomic E-state index is 2.36. The van der Waals surface area contributed by atoms with Gasteiger partial charge < -0.3 is 0 Å². The molecule has 1 aliphatic carbocycles. The minimum Gasteiger partial charge on any atom is -0.0616 e. The molecule has 0 radical (unpaired) electrons. The SMILES string of the molecule is C1=Cc2c3cc4ccc5ccccc5c4cc3cc3cccc1c23. The van der Waals surface area contributed by atoms with Gasteiger partial charge in [0.2, 0.25) is 0 Å². The average Bonchev–Trinajstić information content (AvgIpc) is 3.07. The Bertz CT molecular complexity index is 1340. The molecular weight excluding hydrogens is 288 g/mol. The Morgan fingerprint density at radius 3 is 2.29 bits per heavy atom. The zero-order valence-electron chi connectivity index (χ0n) is 13.1. The fourth-order valence-corrected chi connectivity index (χ4v) is 4.23. The average molecular weight is 302 g/mol. The second-order valence-corrected chi connectivity index (χ2v) is 6.65. The first-order chi connectivity index (χ1) is 11.9. The quantitative estimate of drug-likeness (QED) is 0.214. The molecule has 24 heavy (non-hydrogen) atoms. The van der Waals surface area contributed by atoms with E-state index in [9.17, 15) is 0 Å². The Kier molecular flexibility index (Phi) is 2.18. The smallest absolute Gasteiger partial charge is 0.00324 e. The zero-order valence-corrected chi connectivity index (χ0v) is 13.1. The maximum atomic E-state index is 2.36. The minimum absolute atomic E-state index is 1.30. The molecule has 0 bridgehead atoms. The van der Waals surface area contributed by atoms with E-state index >= 15 is 0 Å². The van der Waals surface area contributed by atoms with Gasteiger partial charge in [0.05, 0.1) is 0 Å². The topological polar surface area (TPSA) is 0 Å². The summed E-state index contributed by atoms with van der Waals surface area (Å²) in [7, 11) is 0. The molecule has 110 valence electrons. The van der Waals surface area contributed by atoms with Crippen molar-refractivity contribution in [1.82, 2.24) is 0 Å². The summed E-state index contributed by atoms with van der Waals surface area (Å²) < 4.78 is 0.